The topological polar surface area (TPSA) is 49.8 Å². The highest BCUT2D eigenvalue weighted by atomic mass is 16.5. The molecule has 22 heavy (non-hydrogen) atoms. The summed E-state index contributed by atoms with van der Waals surface area (Å²) in [5.41, 5.74) is 1.10. The molecule has 0 radical (unpaired) electrons. The third kappa shape index (κ3) is 3.27. The van der Waals surface area contributed by atoms with E-state index in [1.807, 2.05) is 29.2 Å². The fourth-order valence-corrected chi connectivity index (χ4v) is 3.34. The number of carbonyl (C=O) groups is 1. The quantitative estimate of drug-likeness (QED) is 0.879. The molecule has 2 fully saturated rings. The minimum atomic E-state index is -0.329. The number of amides is 1. The summed E-state index contributed by atoms with van der Waals surface area (Å²) in [5.74, 6) is 1.76. The molecule has 120 valence electrons. The Morgan fingerprint density at radius 3 is 2.59 bits per heavy atom. The lowest BCUT2D eigenvalue weighted by atomic mass is 9.97. The molecule has 1 aromatic rings. The van der Waals surface area contributed by atoms with Crippen LogP contribution in [0.25, 0.3) is 0 Å². The maximum atomic E-state index is 12.3. The SMILES string of the molecule is COc1ccc(C(C)N2CC(C(O)CC3CC3)CC2=O)cc1. The predicted molar refractivity (Wildman–Crippen MR) is 84.6 cm³/mol. The number of carbonyl (C=O) groups excluding carboxylic acids is 1. The molecule has 0 bridgehead atoms. The zero-order valence-electron chi connectivity index (χ0n) is 13.4. The summed E-state index contributed by atoms with van der Waals surface area (Å²) in [4.78, 5) is 14.2. The van der Waals surface area contributed by atoms with Gasteiger partial charge in [0.1, 0.15) is 5.75 Å². The van der Waals surface area contributed by atoms with Crippen LogP contribution >= 0.6 is 0 Å². The highest BCUT2D eigenvalue weighted by Gasteiger charge is 2.38. The highest BCUT2D eigenvalue weighted by molar-refractivity contribution is 5.79. The lowest BCUT2D eigenvalue weighted by Gasteiger charge is -2.26. The van der Waals surface area contributed by atoms with Crippen molar-refractivity contribution in [2.45, 2.75) is 44.8 Å². The van der Waals surface area contributed by atoms with Crippen LogP contribution in [-0.4, -0.2) is 35.7 Å². The van der Waals surface area contributed by atoms with Gasteiger partial charge in [-0.15, -0.1) is 0 Å². The molecule has 1 heterocycles. The number of hydrogen-bond donors (Lipinski definition) is 1. The average Bonchev–Trinajstić information content (AvgIpc) is 3.26. The van der Waals surface area contributed by atoms with Crippen molar-refractivity contribution in [3.63, 3.8) is 0 Å². The number of rotatable bonds is 6. The molecule has 0 spiro atoms. The van der Waals surface area contributed by atoms with Gasteiger partial charge in [0.2, 0.25) is 5.91 Å². The third-order valence-corrected chi connectivity index (χ3v) is 5.07. The maximum Gasteiger partial charge on any atom is 0.223 e. The Hall–Kier alpha value is -1.55. The molecule has 4 heteroatoms. The maximum absolute atomic E-state index is 12.3. The first-order valence-corrected chi connectivity index (χ1v) is 8.20. The van der Waals surface area contributed by atoms with E-state index in [2.05, 4.69) is 6.92 Å². The lowest BCUT2D eigenvalue weighted by molar-refractivity contribution is -0.129. The van der Waals surface area contributed by atoms with E-state index in [1.54, 1.807) is 7.11 Å². The standard InChI is InChI=1S/C18H25NO3/c1-12(14-5-7-16(22-2)8-6-14)19-11-15(10-18(19)21)17(20)9-13-3-4-13/h5-8,12-13,15,17,20H,3-4,9-11H2,1-2H3. The number of hydrogen-bond acceptors (Lipinski definition) is 3. The van der Waals surface area contributed by atoms with Crippen LogP contribution in [-0.2, 0) is 4.79 Å². The zero-order chi connectivity index (χ0) is 15.7. The Kier molecular flexibility index (Phi) is 4.39. The van der Waals surface area contributed by atoms with Gasteiger partial charge in [-0.3, -0.25) is 4.79 Å². The monoisotopic (exact) mass is 303 g/mol. The second-order valence-corrected chi connectivity index (χ2v) is 6.71. The van der Waals surface area contributed by atoms with E-state index in [9.17, 15) is 9.90 Å². The Morgan fingerprint density at radius 2 is 2.00 bits per heavy atom. The normalized spacial score (nSPS) is 24.4. The Morgan fingerprint density at radius 1 is 1.32 bits per heavy atom. The lowest BCUT2D eigenvalue weighted by Crippen LogP contribution is -2.30. The van der Waals surface area contributed by atoms with Crippen molar-refractivity contribution in [3.05, 3.63) is 29.8 Å². The molecule has 4 nitrogen and oxygen atoms in total. The summed E-state index contributed by atoms with van der Waals surface area (Å²) in [5, 5.41) is 10.3. The van der Waals surface area contributed by atoms with Crippen LogP contribution in [0.1, 0.15) is 44.2 Å². The molecule has 1 aliphatic carbocycles. The number of likely N-dealkylation sites (tertiary alicyclic amines) is 1. The number of ether oxygens (including phenoxy) is 1. The second kappa shape index (κ2) is 6.29. The van der Waals surface area contributed by atoms with Crippen LogP contribution in [0, 0.1) is 11.8 Å². The minimum Gasteiger partial charge on any atom is -0.497 e. The highest BCUT2D eigenvalue weighted by Crippen LogP contribution is 2.38. The predicted octanol–water partition coefficient (Wildman–Crippen LogP) is 2.77. The van der Waals surface area contributed by atoms with E-state index in [1.165, 1.54) is 12.8 Å². The zero-order valence-corrected chi connectivity index (χ0v) is 13.4. The van der Waals surface area contributed by atoms with Gasteiger partial charge < -0.3 is 14.7 Å². The molecule has 1 saturated heterocycles. The third-order valence-electron chi connectivity index (χ3n) is 5.07. The summed E-state index contributed by atoms with van der Waals surface area (Å²) < 4.78 is 5.17. The summed E-state index contributed by atoms with van der Waals surface area (Å²) in [7, 11) is 1.65. The van der Waals surface area contributed by atoms with Crippen LogP contribution in [0.15, 0.2) is 24.3 Å². The van der Waals surface area contributed by atoms with Crippen LogP contribution in [0.2, 0.25) is 0 Å². The van der Waals surface area contributed by atoms with Gasteiger partial charge in [0.25, 0.3) is 0 Å². The van der Waals surface area contributed by atoms with Gasteiger partial charge in [0.15, 0.2) is 0 Å². The summed E-state index contributed by atoms with van der Waals surface area (Å²) in [6.45, 7) is 2.72. The fraction of sp³-hybridized carbons (Fsp3) is 0.611. The summed E-state index contributed by atoms with van der Waals surface area (Å²) >= 11 is 0. The molecule has 1 aromatic carbocycles. The number of benzene rings is 1. The van der Waals surface area contributed by atoms with Gasteiger partial charge in [0.05, 0.1) is 19.3 Å². The van der Waals surface area contributed by atoms with Gasteiger partial charge in [-0.25, -0.2) is 0 Å². The van der Waals surface area contributed by atoms with E-state index < -0.39 is 0 Å². The van der Waals surface area contributed by atoms with Crippen LogP contribution in [0.4, 0.5) is 0 Å². The van der Waals surface area contributed by atoms with E-state index in [0.29, 0.717) is 18.9 Å². The molecule has 2 aliphatic rings. The first-order chi connectivity index (χ1) is 10.6. The molecule has 3 atom stereocenters. The number of aliphatic hydroxyl groups is 1. The smallest absolute Gasteiger partial charge is 0.223 e. The number of aliphatic hydroxyl groups excluding tert-OH is 1. The van der Waals surface area contributed by atoms with Crippen LogP contribution in [0.5, 0.6) is 5.75 Å². The van der Waals surface area contributed by atoms with Gasteiger partial charge in [-0.1, -0.05) is 25.0 Å². The summed E-state index contributed by atoms with van der Waals surface area (Å²) in [6, 6.07) is 7.89. The van der Waals surface area contributed by atoms with Crippen molar-refractivity contribution in [2.24, 2.45) is 11.8 Å². The van der Waals surface area contributed by atoms with Crippen molar-refractivity contribution in [2.75, 3.05) is 13.7 Å². The van der Waals surface area contributed by atoms with Crippen molar-refractivity contribution < 1.29 is 14.6 Å². The van der Waals surface area contributed by atoms with Gasteiger partial charge in [-0.05, 0) is 37.0 Å². The Bertz CT molecular complexity index is 524. The van der Waals surface area contributed by atoms with Gasteiger partial charge >= 0.3 is 0 Å². The first kappa shape index (κ1) is 15.3. The van der Waals surface area contributed by atoms with Crippen molar-refractivity contribution >= 4 is 5.91 Å². The number of methoxy groups -OCH3 is 1. The molecule has 3 rings (SSSR count). The van der Waals surface area contributed by atoms with E-state index in [0.717, 1.165) is 17.7 Å². The number of nitrogens with zero attached hydrogens (tertiary/aromatic N) is 1. The molecule has 3 unspecified atom stereocenters. The van der Waals surface area contributed by atoms with Crippen molar-refractivity contribution in [1.82, 2.24) is 4.90 Å². The Labute approximate surface area is 132 Å². The molecule has 0 aromatic heterocycles. The van der Waals surface area contributed by atoms with Crippen molar-refractivity contribution in [1.29, 1.82) is 0 Å². The largest absolute Gasteiger partial charge is 0.497 e. The molecule has 1 N–H and O–H groups in total. The first-order valence-electron chi connectivity index (χ1n) is 8.20. The van der Waals surface area contributed by atoms with Crippen LogP contribution in [0.3, 0.4) is 0 Å². The van der Waals surface area contributed by atoms with Crippen molar-refractivity contribution in [3.8, 4) is 5.75 Å². The molecular formula is C18H25NO3. The fourth-order valence-electron chi connectivity index (χ4n) is 3.34. The Balaban J connectivity index is 1.63. The van der Waals surface area contributed by atoms with Crippen LogP contribution < -0.4 is 4.74 Å². The molecule has 1 amide bonds. The van der Waals surface area contributed by atoms with E-state index >= 15 is 0 Å². The summed E-state index contributed by atoms with van der Waals surface area (Å²) in [6.07, 6.45) is 3.49. The molecule has 1 aliphatic heterocycles. The molecule has 1 saturated carbocycles. The minimum absolute atomic E-state index is 0.0385. The average molecular weight is 303 g/mol. The second-order valence-electron chi connectivity index (χ2n) is 6.71. The van der Waals surface area contributed by atoms with Gasteiger partial charge in [0, 0.05) is 18.9 Å². The van der Waals surface area contributed by atoms with Gasteiger partial charge in [-0.2, -0.15) is 0 Å². The van der Waals surface area contributed by atoms with E-state index in [4.69, 9.17) is 4.74 Å². The van der Waals surface area contributed by atoms with E-state index in [-0.39, 0.29) is 24.0 Å². The molecular weight excluding hydrogens is 278 g/mol.